The summed E-state index contributed by atoms with van der Waals surface area (Å²) >= 11 is 0. The smallest absolute Gasteiger partial charge is 0.381 e. The molecule has 0 spiro atoms. The van der Waals surface area contributed by atoms with Crippen molar-refractivity contribution in [3.05, 3.63) is 54.2 Å². The first-order valence-corrected chi connectivity index (χ1v) is 13.7. The normalized spacial score (nSPS) is 18.6. The summed E-state index contributed by atoms with van der Waals surface area (Å²) in [6.45, 7) is 8.88. The van der Waals surface area contributed by atoms with E-state index in [-0.39, 0.29) is 41.4 Å². The Balaban J connectivity index is 1.40. The molecule has 5 rings (SSSR count). The van der Waals surface area contributed by atoms with Crippen LogP contribution in [0.2, 0.25) is 0 Å². The highest BCUT2D eigenvalue weighted by Gasteiger charge is 2.32. The lowest BCUT2D eigenvalue weighted by Gasteiger charge is -2.36. The molecule has 1 aromatic carbocycles. The van der Waals surface area contributed by atoms with Crippen LogP contribution in [-0.4, -0.2) is 62.4 Å². The summed E-state index contributed by atoms with van der Waals surface area (Å²) in [6.07, 6.45) is 0.0550. The minimum absolute atomic E-state index is 0.0205. The van der Waals surface area contributed by atoms with Crippen LogP contribution >= 0.6 is 0 Å². The minimum Gasteiger partial charge on any atom is -0.381 e. The van der Waals surface area contributed by atoms with E-state index in [9.17, 15) is 18.0 Å². The third-order valence-electron chi connectivity index (χ3n) is 7.56. The molecule has 1 saturated heterocycles. The van der Waals surface area contributed by atoms with Gasteiger partial charge in [0.15, 0.2) is 0 Å². The summed E-state index contributed by atoms with van der Waals surface area (Å²) in [5, 5.41) is 10.9. The largest absolute Gasteiger partial charge is 0.406 e. The summed E-state index contributed by atoms with van der Waals surface area (Å²) in [4.78, 5) is 19.3. The molecule has 1 amide bonds. The van der Waals surface area contributed by atoms with Crippen molar-refractivity contribution in [2.24, 2.45) is 5.92 Å². The number of nitrogens with zero attached hydrogens (tertiary/aromatic N) is 5. The molecule has 4 aromatic rings. The fourth-order valence-electron chi connectivity index (χ4n) is 5.35. The van der Waals surface area contributed by atoms with Gasteiger partial charge in [-0.05, 0) is 71.0 Å². The van der Waals surface area contributed by atoms with Crippen LogP contribution in [0.5, 0.6) is 0 Å². The number of benzene rings is 1. The van der Waals surface area contributed by atoms with Crippen molar-refractivity contribution in [3.8, 4) is 11.5 Å². The second-order valence-corrected chi connectivity index (χ2v) is 11.9. The standard InChI is InChI=1S/C29H36F3N7O2/c1-18-15-37(5)11-10-21(18)34-22-7-6-8-23-20(22)13-24(39(23)17-29(30,31)32)26-35-25(41-36-26)14-33-27(40)19-9-12-38(16-19)28(2,3)4/h6-9,12-13,16,18,21,34H,10-11,14-15,17H2,1-5H3,(H,33,40)/t18-,21+/m1/s1. The number of halogens is 3. The van der Waals surface area contributed by atoms with Crippen molar-refractivity contribution in [1.82, 2.24) is 29.5 Å². The second kappa shape index (κ2) is 10.9. The number of anilines is 1. The number of likely N-dealkylation sites (tertiary alicyclic amines) is 1. The highest BCUT2D eigenvalue weighted by atomic mass is 19.4. The number of hydrogen-bond acceptors (Lipinski definition) is 6. The molecule has 1 aliphatic heterocycles. The summed E-state index contributed by atoms with van der Waals surface area (Å²) < 4.78 is 49.5. The number of nitrogens with one attached hydrogen (secondary N) is 2. The van der Waals surface area contributed by atoms with Gasteiger partial charge in [-0.1, -0.05) is 18.1 Å². The first kappa shape index (κ1) is 28.7. The quantitative estimate of drug-likeness (QED) is 0.305. The lowest BCUT2D eigenvalue weighted by molar-refractivity contribution is -0.139. The van der Waals surface area contributed by atoms with E-state index in [2.05, 4.69) is 39.6 Å². The summed E-state index contributed by atoms with van der Waals surface area (Å²) in [5.41, 5.74) is 1.68. The van der Waals surface area contributed by atoms with Gasteiger partial charge in [0.25, 0.3) is 5.91 Å². The molecule has 0 saturated carbocycles. The lowest BCUT2D eigenvalue weighted by atomic mass is 9.94. The van der Waals surface area contributed by atoms with E-state index >= 15 is 0 Å². The predicted octanol–water partition coefficient (Wildman–Crippen LogP) is 5.49. The predicted molar refractivity (Wildman–Crippen MR) is 151 cm³/mol. The first-order valence-electron chi connectivity index (χ1n) is 13.7. The number of piperidine rings is 1. The maximum absolute atomic E-state index is 13.7. The Morgan fingerprint density at radius 3 is 2.66 bits per heavy atom. The molecule has 220 valence electrons. The Kier molecular flexibility index (Phi) is 7.62. The van der Waals surface area contributed by atoms with E-state index in [0.717, 1.165) is 25.2 Å². The number of hydrogen-bond donors (Lipinski definition) is 2. The zero-order valence-corrected chi connectivity index (χ0v) is 23.9. The topological polar surface area (TPSA) is 93.2 Å². The number of aromatic nitrogens is 4. The van der Waals surface area contributed by atoms with Gasteiger partial charge in [-0.3, -0.25) is 4.79 Å². The Morgan fingerprint density at radius 1 is 1.20 bits per heavy atom. The third-order valence-corrected chi connectivity index (χ3v) is 7.56. The molecular formula is C29H36F3N7O2. The molecule has 0 aliphatic carbocycles. The van der Waals surface area contributed by atoms with Crippen LogP contribution in [0.25, 0.3) is 22.4 Å². The monoisotopic (exact) mass is 571 g/mol. The fourth-order valence-corrected chi connectivity index (χ4v) is 5.35. The van der Waals surface area contributed by atoms with E-state index in [1.54, 1.807) is 30.5 Å². The molecule has 2 N–H and O–H groups in total. The van der Waals surface area contributed by atoms with Crippen molar-refractivity contribution in [2.75, 3.05) is 25.5 Å². The number of amides is 1. The van der Waals surface area contributed by atoms with Gasteiger partial charge in [0.05, 0.1) is 23.3 Å². The molecule has 9 nitrogen and oxygen atoms in total. The van der Waals surface area contributed by atoms with E-state index in [4.69, 9.17) is 4.52 Å². The minimum atomic E-state index is -4.46. The van der Waals surface area contributed by atoms with Gasteiger partial charge >= 0.3 is 6.18 Å². The van der Waals surface area contributed by atoms with E-state index < -0.39 is 12.7 Å². The zero-order chi connectivity index (χ0) is 29.5. The Bertz CT molecular complexity index is 1530. The van der Waals surface area contributed by atoms with Crippen LogP contribution in [0, 0.1) is 5.92 Å². The average Bonchev–Trinajstić information content (AvgIpc) is 3.63. The van der Waals surface area contributed by atoms with Gasteiger partial charge in [-0.2, -0.15) is 18.2 Å². The van der Waals surface area contributed by atoms with Crippen LogP contribution in [0.4, 0.5) is 18.9 Å². The van der Waals surface area contributed by atoms with E-state index in [1.807, 2.05) is 37.6 Å². The molecule has 1 fully saturated rings. The van der Waals surface area contributed by atoms with Crippen LogP contribution in [0.1, 0.15) is 50.4 Å². The molecule has 2 atom stereocenters. The van der Waals surface area contributed by atoms with Crippen LogP contribution in [-0.2, 0) is 18.6 Å². The molecule has 0 radical (unpaired) electrons. The maximum Gasteiger partial charge on any atom is 0.406 e. The number of alkyl halides is 3. The van der Waals surface area contributed by atoms with Gasteiger partial charge < -0.3 is 29.2 Å². The van der Waals surface area contributed by atoms with Gasteiger partial charge in [-0.25, -0.2) is 0 Å². The third kappa shape index (κ3) is 6.42. The van der Waals surface area contributed by atoms with Gasteiger partial charge in [0, 0.05) is 41.6 Å². The van der Waals surface area contributed by atoms with Gasteiger partial charge in [-0.15, -0.1) is 0 Å². The molecular weight excluding hydrogens is 535 g/mol. The summed E-state index contributed by atoms with van der Waals surface area (Å²) in [7, 11) is 2.09. The molecule has 3 aromatic heterocycles. The van der Waals surface area contributed by atoms with Crippen LogP contribution in [0.15, 0.2) is 47.2 Å². The van der Waals surface area contributed by atoms with Crippen molar-refractivity contribution in [1.29, 1.82) is 0 Å². The molecule has 41 heavy (non-hydrogen) atoms. The first-order chi connectivity index (χ1) is 19.3. The maximum atomic E-state index is 13.7. The van der Waals surface area contributed by atoms with E-state index in [1.165, 1.54) is 4.57 Å². The molecule has 0 bridgehead atoms. The zero-order valence-electron chi connectivity index (χ0n) is 23.9. The summed E-state index contributed by atoms with van der Waals surface area (Å²) in [5.74, 6) is 0.165. The van der Waals surface area contributed by atoms with E-state index in [0.29, 0.717) is 22.4 Å². The Morgan fingerprint density at radius 2 is 1.98 bits per heavy atom. The van der Waals surface area contributed by atoms with Crippen molar-refractivity contribution < 1.29 is 22.5 Å². The number of carbonyl (C=O) groups is 1. The van der Waals surface area contributed by atoms with Crippen LogP contribution < -0.4 is 10.6 Å². The Labute approximate surface area is 236 Å². The fraction of sp³-hybridized carbons (Fsp3) is 0.483. The van der Waals surface area contributed by atoms with Crippen molar-refractivity contribution >= 4 is 22.5 Å². The molecule has 12 heteroatoms. The summed E-state index contributed by atoms with van der Waals surface area (Å²) in [6, 6.07) is 8.90. The van der Waals surface area contributed by atoms with Crippen molar-refractivity contribution in [2.45, 2.75) is 65.0 Å². The Hall–Kier alpha value is -3.80. The molecule has 1 aliphatic rings. The highest BCUT2D eigenvalue weighted by molar-refractivity contribution is 5.96. The molecule has 4 heterocycles. The highest BCUT2D eigenvalue weighted by Crippen LogP contribution is 2.35. The van der Waals surface area contributed by atoms with Gasteiger partial charge in [0.1, 0.15) is 6.54 Å². The van der Waals surface area contributed by atoms with Crippen molar-refractivity contribution in [3.63, 3.8) is 0 Å². The lowest BCUT2D eigenvalue weighted by Crippen LogP contribution is -2.43. The van der Waals surface area contributed by atoms with Crippen LogP contribution in [0.3, 0.4) is 0 Å². The molecule has 0 unspecified atom stereocenters. The SMILES string of the molecule is C[C@@H]1CN(C)CC[C@@H]1Nc1cccc2c1cc(-c1noc(CNC(=O)c3ccn(C(C)(C)C)c3)n1)n2CC(F)(F)F. The number of rotatable bonds is 7. The number of carbonyl (C=O) groups excluding carboxylic acids is 1. The second-order valence-electron chi connectivity index (χ2n) is 11.9. The average molecular weight is 572 g/mol. The van der Waals surface area contributed by atoms with Gasteiger partial charge in [0.2, 0.25) is 11.7 Å². The number of fused-ring (bicyclic) bond motifs is 1.